The Bertz CT molecular complexity index is 275. The van der Waals surface area contributed by atoms with Gasteiger partial charge in [-0.25, -0.2) is 0 Å². The molecule has 55 valence electrons. The molecule has 2 heteroatoms. The minimum atomic E-state index is 0.542. The van der Waals surface area contributed by atoms with Crippen molar-refractivity contribution in [1.82, 2.24) is 0 Å². The van der Waals surface area contributed by atoms with Gasteiger partial charge < -0.3 is 0 Å². The van der Waals surface area contributed by atoms with Gasteiger partial charge in [0.05, 0.1) is 6.07 Å². The number of benzene rings is 1. The number of hydrogen-bond donors (Lipinski definition) is 0. The summed E-state index contributed by atoms with van der Waals surface area (Å²) in [6.45, 7) is 0. The fourth-order valence-electron chi connectivity index (χ4n) is 0.837. The van der Waals surface area contributed by atoms with E-state index in [0.29, 0.717) is 11.4 Å². The Hall–Kier alpha value is -1.00. The first-order valence-corrected chi connectivity index (χ1v) is 3.74. The van der Waals surface area contributed by atoms with Crippen molar-refractivity contribution in [3.05, 3.63) is 34.9 Å². The lowest BCUT2D eigenvalue weighted by atomic mass is 10.1. The van der Waals surface area contributed by atoms with Crippen molar-refractivity contribution in [2.75, 3.05) is 0 Å². The zero-order chi connectivity index (χ0) is 8.10. The lowest BCUT2D eigenvalue weighted by molar-refractivity contribution is 1.01. The van der Waals surface area contributed by atoms with Crippen LogP contribution in [0.3, 0.4) is 0 Å². The smallest absolute Gasteiger partial charge is 0.0625 e. The number of nitrogens with zero attached hydrogens (tertiary/aromatic N) is 1. The second-order valence-electron chi connectivity index (χ2n) is 2.20. The van der Waals surface area contributed by atoms with E-state index in [1.807, 2.05) is 12.1 Å². The summed E-state index contributed by atoms with van der Waals surface area (Å²) in [5, 5.41) is 8.92. The number of aryl methyl sites for hydroxylation is 1. The van der Waals surface area contributed by atoms with Crippen molar-refractivity contribution in [3.8, 4) is 6.07 Å². The Balaban J connectivity index is 2.65. The van der Waals surface area contributed by atoms with Crippen LogP contribution in [0.4, 0.5) is 0 Å². The molecule has 0 saturated heterocycles. The Kier molecular flexibility index (Phi) is 2.95. The van der Waals surface area contributed by atoms with Gasteiger partial charge in [0.2, 0.25) is 0 Å². The fourth-order valence-corrected chi connectivity index (χ4v) is 1.04. The lowest BCUT2D eigenvalue weighted by Gasteiger charge is -1.95. The van der Waals surface area contributed by atoms with Crippen molar-refractivity contribution in [3.63, 3.8) is 0 Å². The van der Waals surface area contributed by atoms with E-state index in [-0.39, 0.29) is 0 Å². The Labute approximate surface area is 71.2 Å². The van der Waals surface area contributed by atoms with Gasteiger partial charge in [-0.1, -0.05) is 23.7 Å². The molecule has 0 bridgehead atoms. The van der Waals surface area contributed by atoms with E-state index < -0.39 is 0 Å². The van der Waals surface area contributed by atoms with Gasteiger partial charge in [-0.05, 0) is 18.1 Å². The van der Waals surface area contributed by atoms with Gasteiger partial charge in [-0.3, -0.25) is 0 Å². The fraction of sp³-hybridized carbons (Fsp3) is 0.222. The van der Waals surface area contributed by atoms with Crippen molar-refractivity contribution in [1.29, 1.82) is 5.26 Å². The minimum absolute atomic E-state index is 0.542. The minimum Gasteiger partial charge on any atom is -0.198 e. The predicted octanol–water partition coefficient (Wildman–Crippen LogP) is 2.60. The zero-order valence-corrected chi connectivity index (χ0v) is 6.73. The molecule has 0 fully saturated rings. The van der Waals surface area contributed by atoms with Gasteiger partial charge in [-0.2, -0.15) is 5.26 Å². The molecule has 0 aliphatic rings. The predicted molar refractivity (Wildman–Crippen MR) is 44.2 cm³/mol. The molecule has 0 amide bonds. The van der Waals surface area contributed by atoms with E-state index in [1.54, 1.807) is 6.07 Å². The molecule has 0 N–H and O–H groups in total. The maximum Gasteiger partial charge on any atom is 0.0625 e. The van der Waals surface area contributed by atoms with Gasteiger partial charge in [-0.15, -0.1) is 0 Å². The largest absolute Gasteiger partial charge is 0.198 e. The highest BCUT2D eigenvalue weighted by Gasteiger charge is 1.92. The van der Waals surface area contributed by atoms with Crippen molar-refractivity contribution in [2.24, 2.45) is 0 Å². The third kappa shape index (κ3) is 2.61. The van der Waals surface area contributed by atoms with Crippen LogP contribution in [0.2, 0.25) is 5.02 Å². The molecule has 1 radical (unpaired) electrons. The molecular weight excluding hydrogens is 158 g/mol. The Morgan fingerprint density at radius 2 is 2.45 bits per heavy atom. The average molecular weight is 165 g/mol. The van der Waals surface area contributed by atoms with Crippen LogP contribution in [0.5, 0.6) is 0 Å². The summed E-state index contributed by atoms with van der Waals surface area (Å²) < 4.78 is 0. The van der Waals surface area contributed by atoms with Gasteiger partial charge in [0, 0.05) is 17.5 Å². The van der Waals surface area contributed by atoms with Crippen LogP contribution >= 0.6 is 11.6 Å². The first-order chi connectivity index (χ1) is 5.33. The van der Waals surface area contributed by atoms with E-state index in [2.05, 4.69) is 12.1 Å². The first kappa shape index (κ1) is 8.10. The van der Waals surface area contributed by atoms with Gasteiger partial charge in [0.25, 0.3) is 0 Å². The highest BCUT2D eigenvalue weighted by Crippen LogP contribution is 2.10. The average Bonchev–Trinajstić information content (AvgIpc) is 2.01. The summed E-state index contributed by atoms with van der Waals surface area (Å²) in [5.74, 6) is 0. The summed E-state index contributed by atoms with van der Waals surface area (Å²) in [6, 6.07) is 10.4. The number of halogens is 1. The first-order valence-electron chi connectivity index (χ1n) is 3.36. The molecule has 1 rings (SSSR count). The molecule has 0 aromatic heterocycles. The van der Waals surface area contributed by atoms with E-state index in [9.17, 15) is 0 Å². The van der Waals surface area contributed by atoms with Gasteiger partial charge in [0.15, 0.2) is 0 Å². The van der Waals surface area contributed by atoms with Crippen LogP contribution < -0.4 is 0 Å². The maximum atomic E-state index is 8.31. The molecule has 0 aliphatic heterocycles. The van der Waals surface area contributed by atoms with Crippen molar-refractivity contribution < 1.29 is 0 Å². The van der Waals surface area contributed by atoms with E-state index in [0.717, 1.165) is 12.0 Å². The molecular formula is C9H7ClN. The number of rotatable bonds is 2. The molecule has 1 aromatic rings. The van der Waals surface area contributed by atoms with Crippen LogP contribution in [0.1, 0.15) is 12.0 Å². The number of nitriles is 1. The molecule has 0 aliphatic carbocycles. The molecule has 0 spiro atoms. The van der Waals surface area contributed by atoms with Gasteiger partial charge >= 0.3 is 0 Å². The Morgan fingerprint density at radius 1 is 1.64 bits per heavy atom. The highest BCUT2D eigenvalue weighted by molar-refractivity contribution is 6.30. The van der Waals surface area contributed by atoms with Crippen LogP contribution in [-0.2, 0) is 6.42 Å². The standard InChI is InChI=1S/C9H7ClN/c10-9-5-1-3-8(7-9)4-2-6-11/h1,3,7H,2,4H2. The molecule has 0 atom stereocenters. The van der Waals surface area contributed by atoms with Crippen molar-refractivity contribution in [2.45, 2.75) is 12.8 Å². The maximum absolute atomic E-state index is 8.31. The van der Waals surface area contributed by atoms with Crippen LogP contribution in [-0.4, -0.2) is 0 Å². The SMILES string of the molecule is N#CCCc1cc[c]c(Cl)c1. The lowest BCUT2D eigenvalue weighted by Crippen LogP contribution is -1.82. The molecule has 0 unspecified atom stereocenters. The third-order valence-electron chi connectivity index (χ3n) is 1.36. The highest BCUT2D eigenvalue weighted by atomic mass is 35.5. The topological polar surface area (TPSA) is 23.8 Å². The molecule has 11 heavy (non-hydrogen) atoms. The quantitative estimate of drug-likeness (QED) is 0.659. The second-order valence-corrected chi connectivity index (χ2v) is 2.61. The molecule has 1 aromatic carbocycles. The normalized spacial score (nSPS) is 9.09. The van der Waals surface area contributed by atoms with Crippen molar-refractivity contribution >= 4 is 11.6 Å². The van der Waals surface area contributed by atoms with Crippen LogP contribution in [0, 0.1) is 17.4 Å². The van der Waals surface area contributed by atoms with Crippen LogP contribution in [0.25, 0.3) is 0 Å². The number of hydrogen-bond acceptors (Lipinski definition) is 1. The summed E-state index contributed by atoms with van der Waals surface area (Å²) in [5.41, 5.74) is 1.09. The van der Waals surface area contributed by atoms with E-state index >= 15 is 0 Å². The second kappa shape index (κ2) is 4.00. The molecule has 1 nitrogen and oxygen atoms in total. The third-order valence-corrected chi connectivity index (χ3v) is 1.57. The van der Waals surface area contributed by atoms with E-state index in [1.165, 1.54) is 0 Å². The Morgan fingerprint density at radius 3 is 3.09 bits per heavy atom. The van der Waals surface area contributed by atoms with E-state index in [4.69, 9.17) is 16.9 Å². The van der Waals surface area contributed by atoms with Crippen LogP contribution in [0.15, 0.2) is 18.2 Å². The summed E-state index contributed by atoms with van der Waals surface area (Å²) in [7, 11) is 0. The molecule has 0 heterocycles. The molecule has 0 saturated carbocycles. The van der Waals surface area contributed by atoms with Gasteiger partial charge in [0.1, 0.15) is 0 Å². The monoisotopic (exact) mass is 164 g/mol. The summed E-state index contributed by atoms with van der Waals surface area (Å²) >= 11 is 5.69. The summed E-state index contributed by atoms with van der Waals surface area (Å²) in [4.78, 5) is 0. The zero-order valence-electron chi connectivity index (χ0n) is 5.97. The summed E-state index contributed by atoms with van der Waals surface area (Å²) in [6.07, 6.45) is 1.31.